The van der Waals surface area contributed by atoms with Gasteiger partial charge in [0.15, 0.2) is 0 Å². The van der Waals surface area contributed by atoms with Gasteiger partial charge >= 0.3 is 11.9 Å². The van der Waals surface area contributed by atoms with Crippen molar-refractivity contribution in [1.82, 2.24) is 0 Å². The number of aliphatic carboxylic acids is 2. The third-order valence-electron chi connectivity index (χ3n) is 0.934. The largest absolute Gasteiger partial charge is 0.473 e. The highest BCUT2D eigenvalue weighted by Gasteiger charge is 2.04. The summed E-state index contributed by atoms with van der Waals surface area (Å²) in [5, 5.41) is 17.7. The van der Waals surface area contributed by atoms with Crippen molar-refractivity contribution in [2.45, 2.75) is 6.92 Å². The molecular formula is C7H9NO4S. The fourth-order valence-electron chi connectivity index (χ4n) is 0.453. The Morgan fingerprint density at radius 1 is 1.38 bits per heavy atom. The van der Waals surface area contributed by atoms with Crippen LogP contribution in [0.4, 0.5) is 5.00 Å². The molecule has 0 fully saturated rings. The van der Waals surface area contributed by atoms with Gasteiger partial charge < -0.3 is 15.9 Å². The molecule has 0 bridgehead atoms. The SMILES string of the molecule is Cc1csc(N)c1.O=C(O)C(=O)O. The molecular weight excluding hydrogens is 194 g/mol. The number of nitrogen functional groups attached to an aromatic ring is 1. The number of aryl methyl sites for hydroxylation is 1. The monoisotopic (exact) mass is 203 g/mol. The highest BCUT2D eigenvalue weighted by molar-refractivity contribution is 7.14. The van der Waals surface area contributed by atoms with Crippen LogP contribution in [0.15, 0.2) is 11.4 Å². The van der Waals surface area contributed by atoms with E-state index in [0.29, 0.717) is 0 Å². The molecule has 1 aromatic rings. The lowest BCUT2D eigenvalue weighted by molar-refractivity contribution is -0.159. The fraction of sp³-hybridized carbons (Fsp3) is 0.143. The molecule has 0 aliphatic carbocycles. The molecule has 1 heterocycles. The first-order valence-electron chi connectivity index (χ1n) is 3.20. The van der Waals surface area contributed by atoms with Gasteiger partial charge in [-0.2, -0.15) is 0 Å². The maximum Gasteiger partial charge on any atom is 0.414 e. The number of hydrogen-bond acceptors (Lipinski definition) is 4. The van der Waals surface area contributed by atoms with Crippen LogP contribution in [-0.4, -0.2) is 22.2 Å². The van der Waals surface area contributed by atoms with Crippen LogP contribution in [-0.2, 0) is 9.59 Å². The second-order valence-electron chi connectivity index (χ2n) is 2.14. The van der Waals surface area contributed by atoms with Crippen molar-refractivity contribution in [2.75, 3.05) is 5.73 Å². The van der Waals surface area contributed by atoms with E-state index in [4.69, 9.17) is 25.5 Å². The lowest BCUT2D eigenvalue weighted by Gasteiger charge is -1.72. The van der Waals surface area contributed by atoms with Gasteiger partial charge in [0.1, 0.15) is 0 Å². The molecule has 0 saturated heterocycles. The van der Waals surface area contributed by atoms with E-state index in [0.717, 1.165) is 5.00 Å². The second-order valence-corrected chi connectivity index (χ2v) is 3.08. The summed E-state index contributed by atoms with van der Waals surface area (Å²) in [6.07, 6.45) is 0. The van der Waals surface area contributed by atoms with E-state index < -0.39 is 11.9 Å². The Kier molecular flexibility index (Phi) is 4.53. The number of nitrogens with two attached hydrogens (primary N) is 1. The predicted molar refractivity (Wildman–Crippen MR) is 48.7 cm³/mol. The van der Waals surface area contributed by atoms with Crippen molar-refractivity contribution in [2.24, 2.45) is 0 Å². The van der Waals surface area contributed by atoms with Crippen molar-refractivity contribution in [3.8, 4) is 0 Å². The molecule has 0 atom stereocenters. The minimum absolute atomic E-state index is 0.900. The lowest BCUT2D eigenvalue weighted by Crippen LogP contribution is -2.09. The Morgan fingerprint density at radius 3 is 1.92 bits per heavy atom. The predicted octanol–water partition coefficient (Wildman–Crippen LogP) is 0.794. The maximum atomic E-state index is 9.10. The van der Waals surface area contributed by atoms with Gasteiger partial charge in [-0.05, 0) is 23.9 Å². The van der Waals surface area contributed by atoms with E-state index in [1.165, 1.54) is 5.56 Å². The van der Waals surface area contributed by atoms with Gasteiger partial charge in [-0.3, -0.25) is 0 Å². The summed E-state index contributed by atoms with van der Waals surface area (Å²) in [5.74, 6) is -3.65. The van der Waals surface area contributed by atoms with E-state index in [9.17, 15) is 0 Å². The van der Waals surface area contributed by atoms with Crippen molar-refractivity contribution < 1.29 is 19.8 Å². The highest BCUT2D eigenvalue weighted by Crippen LogP contribution is 2.14. The molecule has 4 N–H and O–H groups in total. The molecule has 0 amide bonds. The fourth-order valence-corrected chi connectivity index (χ4v) is 1.10. The van der Waals surface area contributed by atoms with Crippen molar-refractivity contribution >= 4 is 28.3 Å². The lowest BCUT2D eigenvalue weighted by atomic mass is 10.4. The molecule has 0 aliphatic rings. The minimum Gasteiger partial charge on any atom is -0.473 e. The Balaban J connectivity index is 0.000000226. The zero-order valence-corrected chi connectivity index (χ0v) is 7.67. The molecule has 0 radical (unpaired) electrons. The van der Waals surface area contributed by atoms with Crippen LogP contribution in [0.1, 0.15) is 5.56 Å². The van der Waals surface area contributed by atoms with Gasteiger partial charge in [-0.25, -0.2) is 9.59 Å². The summed E-state index contributed by atoms with van der Waals surface area (Å²) in [7, 11) is 0. The Hall–Kier alpha value is -1.56. The van der Waals surface area contributed by atoms with Crippen molar-refractivity contribution in [1.29, 1.82) is 0 Å². The summed E-state index contributed by atoms with van der Waals surface area (Å²) in [4.78, 5) is 18.2. The summed E-state index contributed by atoms with van der Waals surface area (Å²) < 4.78 is 0. The van der Waals surface area contributed by atoms with Crippen LogP contribution in [0.3, 0.4) is 0 Å². The zero-order chi connectivity index (χ0) is 10.4. The Bertz CT molecular complexity index is 279. The summed E-state index contributed by atoms with van der Waals surface area (Å²) in [5.41, 5.74) is 6.65. The number of hydrogen-bond donors (Lipinski definition) is 3. The molecule has 0 spiro atoms. The molecule has 5 nitrogen and oxygen atoms in total. The molecule has 13 heavy (non-hydrogen) atoms. The van der Waals surface area contributed by atoms with Gasteiger partial charge in [0.2, 0.25) is 0 Å². The van der Waals surface area contributed by atoms with Crippen LogP contribution in [0.25, 0.3) is 0 Å². The molecule has 0 aliphatic heterocycles. The van der Waals surface area contributed by atoms with Gasteiger partial charge in [0.05, 0.1) is 5.00 Å². The van der Waals surface area contributed by atoms with Crippen molar-refractivity contribution in [3.63, 3.8) is 0 Å². The summed E-state index contributed by atoms with van der Waals surface area (Å²) in [6, 6.07) is 1.96. The molecule has 0 aromatic carbocycles. The first-order chi connectivity index (χ1) is 5.93. The van der Waals surface area contributed by atoms with Gasteiger partial charge in [0.25, 0.3) is 0 Å². The molecule has 0 saturated carbocycles. The highest BCUT2D eigenvalue weighted by atomic mass is 32.1. The minimum atomic E-state index is -1.82. The molecule has 6 heteroatoms. The van der Waals surface area contributed by atoms with Crippen LogP contribution in [0, 0.1) is 6.92 Å². The third-order valence-corrected chi connectivity index (χ3v) is 1.81. The van der Waals surface area contributed by atoms with Gasteiger partial charge in [-0.1, -0.05) is 0 Å². The Labute approximate surface area is 78.4 Å². The van der Waals surface area contributed by atoms with Gasteiger partial charge in [0, 0.05) is 0 Å². The van der Waals surface area contributed by atoms with E-state index in [-0.39, 0.29) is 0 Å². The standard InChI is InChI=1S/C5H7NS.C2H2O4/c1-4-2-5(6)7-3-4;3-1(4)2(5)6/h2-3H,6H2,1H3;(H,3,4)(H,5,6). The normalized spacial score (nSPS) is 8.38. The molecule has 72 valence electrons. The van der Waals surface area contributed by atoms with Gasteiger partial charge in [-0.15, -0.1) is 11.3 Å². The van der Waals surface area contributed by atoms with Crippen LogP contribution >= 0.6 is 11.3 Å². The Morgan fingerprint density at radius 2 is 1.85 bits per heavy atom. The zero-order valence-electron chi connectivity index (χ0n) is 6.85. The average Bonchev–Trinajstić information content (AvgIpc) is 2.35. The second kappa shape index (κ2) is 5.15. The average molecular weight is 203 g/mol. The first-order valence-corrected chi connectivity index (χ1v) is 4.08. The topological polar surface area (TPSA) is 101 Å². The number of carbonyl (C=O) groups is 2. The number of rotatable bonds is 0. The number of thiophene rings is 1. The molecule has 1 rings (SSSR count). The molecule has 1 aromatic heterocycles. The van der Waals surface area contributed by atoms with Crippen molar-refractivity contribution in [3.05, 3.63) is 17.0 Å². The maximum absolute atomic E-state index is 9.10. The number of carboxylic acids is 2. The molecule has 0 unspecified atom stereocenters. The number of carboxylic acid groups (broad SMARTS) is 2. The van der Waals surface area contributed by atoms with Crippen LogP contribution in [0.2, 0.25) is 0 Å². The van der Waals surface area contributed by atoms with E-state index in [2.05, 4.69) is 0 Å². The smallest absolute Gasteiger partial charge is 0.414 e. The summed E-state index contributed by atoms with van der Waals surface area (Å²) >= 11 is 1.58. The number of anilines is 1. The van der Waals surface area contributed by atoms with Crippen LogP contribution in [0.5, 0.6) is 0 Å². The third kappa shape index (κ3) is 5.68. The quantitative estimate of drug-likeness (QED) is 0.541. The van der Waals surface area contributed by atoms with E-state index >= 15 is 0 Å². The van der Waals surface area contributed by atoms with Crippen LogP contribution < -0.4 is 5.73 Å². The van der Waals surface area contributed by atoms with E-state index in [1.54, 1.807) is 11.3 Å². The first kappa shape index (κ1) is 11.4. The summed E-state index contributed by atoms with van der Waals surface area (Å²) in [6.45, 7) is 2.03. The van der Waals surface area contributed by atoms with E-state index in [1.807, 2.05) is 18.4 Å².